The van der Waals surface area contributed by atoms with Crippen molar-refractivity contribution >= 4 is 21.9 Å². The van der Waals surface area contributed by atoms with E-state index in [1.165, 1.54) is 6.07 Å². The molecule has 8 heteroatoms. The normalized spacial score (nSPS) is 11.0. The van der Waals surface area contributed by atoms with Crippen molar-refractivity contribution in [1.82, 2.24) is 9.71 Å². The maximum atomic E-state index is 11.6. The molecule has 0 aliphatic rings. The number of aromatic carboxylic acids is 1. The van der Waals surface area contributed by atoms with Crippen LogP contribution in [-0.4, -0.2) is 36.1 Å². The number of nitrogens with one attached hydrogen (secondary N) is 1. The van der Waals surface area contributed by atoms with Gasteiger partial charge in [0, 0.05) is 6.20 Å². The molecule has 2 N–H and O–H groups in total. The first-order valence-electron chi connectivity index (χ1n) is 5.60. The van der Waals surface area contributed by atoms with Crippen molar-refractivity contribution in [3.8, 4) is 0 Å². The van der Waals surface area contributed by atoms with Crippen molar-refractivity contribution in [3.05, 3.63) is 29.6 Å². The van der Waals surface area contributed by atoms with E-state index in [0.717, 1.165) is 12.3 Å². The molecular formula is C11H14N2O5S. The van der Waals surface area contributed by atoms with E-state index in [4.69, 9.17) is 5.11 Å². The zero-order valence-electron chi connectivity index (χ0n) is 10.3. The van der Waals surface area contributed by atoms with Crippen molar-refractivity contribution < 1.29 is 23.1 Å². The molecule has 0 atom stereocenters. The first-order chi connectivity index (χ1) is 8.85. The lowest BCUT2D eigenvalue weighted by molar-refractivity contribution is 0.0689. The molecule has 104 valence electrons. The molecule has 1 amide bonds. The topological polar surface area (TPSA) is 113 Å². The summed E-state index contributed by atoms with van der Waals surface area (Å²) in [6.45, 7) is 1.84. The fourth-order valence-corrected chi connectivity index (χ4v) is 2.41. The Labute approximate surface area is 110 Å². The Morgan fingerprint density at radius 3 is 2.53 bits per heavy atom. The van der Waals surface area contributed by atoms with Crippen LogP contribution in [0.15, 0.2) is 18.3 Å². The SMILES string of the molecule is CCCCS(=O)(=O)NC(=O)c1ccc(C(=O)O)nc1. The molecule has 0 saturated carbocycles. The van der Waals surface area contributed by atoms with E-state index in [0.29, 0.717) is 12.8 Å². The summed E-state index contributed by atoms with van der Waals surface area (Å²) < 4.78 is 24.9. The fraction of sp³-hybridized carbons (Fsp3) is 0.364. The van der Waals surface area contributed by atoms with Gasteiger partial charge in [0.2, 0.25) is 10.0 Å². The number of pyridine rings is 1. The fourth-order valence-electron chi connectivity index (χ4n) is 1.24. The van der Waals surface area contributed by atoms with Gasteiger partial charge in [-0.25, -0.2) is 22.9 Å². The average molecular weight is 286 g/mol. The Morgan fingerprint density at radius 2 is 2.05 bits per heavy atom. The Balaban J connectivity index is 2.76. The largest absolute Gasteiger partial charge is 0.477 e. The minimum atomic E-state index is -3.66. The van der Waals surface area contributed by atoms with Gasteiger partial charge < -0.3 is 5.11 Å². The molecule has 0 bridgehead atoms. The van der Waals surface area contributed by atoms with Crippen molar-refractivity contribution in [1.29, 1.82) is 0 Å². The lowest BCUT2D eigenvalue weighted by Crippen LogP contribution is -2.32. The second-order valence-corrected chi connectivity index (χ2v) is 5.68. The van der Waals surface area contributed by atoms with Crippen LogP contribution in [-0.2, 0) is 10.0 Å². The number of sulfonamides is 1. The molecule has 7 nitrogen and oxygen atoms in total. The van der Waals surface area contributed by atoms with Gasteiger partial charge in [0.05, 0.1) is 11.3 Å². The number of carboxylic acids is 1. The number of rotatable bonds is 6. The number of nitrogens with zero attached hydrogens (tertiary/aromatic N) is 1. The van der Waals surface area contributed by atoms with E-state index < -0.39 is 21.9 Å². The van der Waals surface area contributed by atoms with Crippen LogP contribution in [0.5, 0.6) is 0 Å². The first-order valence-corrected chi connectivity index (χ1v) is 7.25. The van der Waals surface area contributed by atoms with E-state index in [1.54, 1.807) is 0 Å². The van der Waals surface area contributed by atoms with Crippen molar-refractivity contribution in [2.45, 2.75) is 19.8 Å². The number of carbonyl (C=O) groups excluding carboxylic acids is 1. The van der Waals surface area contributed by atoms with Gasteiger partial charge in [-0.2, -0.15) is 0 Å². The summed E-state index contributed by atoms with van der Waals surface area (Å²) in [5.74, 6) is -2.17. The maximum absolute atomic E-state index is 11.6. The number of amides is 1. The van der Waals surface area contributed by atoms with E-state index in [9.17, 15) is 18.0 Å². The van der Waals surface area contributed by atoms with Gasteiger partial charge in [0.15, 0.2) is 0 Å². The molecule has 0 spiro atoms. The summed E-state index contributed by atoms with van der Waals surface area (Å²) >= 11 is 0. The number of carbonyl (C=O) groups is 2. The molecule has 0 aliphatic carbocycles. The smallest absolute Gasteiger partial charge is 0.354 e. The zero-order valence-corrected chi connectivity index (χ0v) is 11.1. The van der Waals surface area contributed by atoms with E-state index >= 15 is 0 Å². The summed E-state index contributed by atoms with van der Waals surface area (Å²) in [5.41, 5.74) is -0.226. The summed E-state index contributed by atoms with van der Waals surface area (Å²) in [7, 11) is -3.66. The van der Waals surface area contributed by atoms with Crippen LogP contribution < -0.4 is 4.72 Å². The molecule has 19 heavy (non-hydrogen) atoms. The minimum Gasteiger partial charge on any atom is -0.477 e. The maximum Gasteiger partial charge on any atom is 0.354 e. The minimum absolute atomic E-state index is 0.00919. The molecule has 0 aromatic carbocycles. The lowest BCUT2D eigenvalue weighted by Gasteiger charge is -2.06. The summed E-state index contributed by atoms with van der Waals surface area (Å²) in [5, 5.41) is 8.64. The lowest BCUT2D eigenvalue weighted by atomic mass is 10.2. The summed E-state index contributed by atoms with van der Waals surface area (Å²) in [6.07, 6.45) is 2.18. The van der Waals surface area contributed by atoms with Crippen molar-refractivity contribution in [2.24, 2.45) is 0 Å². The molecule has 0 aliphatic heterocycles. The molecule has 1 rings (SSSR count). The van der Waals surface area contributed by atoms with Crippen LogP contribution >= 0.6 is 0 Å². The van der Waals surface area contributed by atoms with Crippen LogP contribution in [0.3, 0.4) is 0 Å². The van der Waals surface area contributed by atoms with E-state index in [2.05, 4.69) is 4.98 Å². The van der Waals surface area contributed by atoms with E-state index in [1.807, 2.05) is 11.6 Å². The Bertz CT molecular complexity index is 565. The number of hydrogen-bond acceptors (Lipinski definition) is 5. The van der Waals surface area contributed by atoms with Gasteiger partial charge in [-0.05, 0) is 18.6 Å². The van der Waals surface area contributed by atoms with Crippen LogP contribution in [0.1, 0.15) is 40.6 Å². The zero-order chi connectivity index (χ0) is 14.5. The van der Waals surface area contributed by atoms with Crippen molar-refractivity contribution in [3.63, 3.8) is 0 Å². The third kappa shape index (κ3) is 4.66. The molecule has 1 aromatic rings. The highest BCUT2D eigenvalue weighted by molar-refractivity contribution is 7.90. The van der Waals surface area contributed by atoms with Gasteiger partial charge >= 0.3 is 5.97 Å². The second kappa shape index (κ2) is 6.28. The molecule has 1 heterocycles. The molecule has 0 saturated heterocycles. The third-order valence-electron chi connectivity index (χ3n) is 2.26. The van der Waals surface area contributed by atoms with E-state index in [-0.39, 0.29) is 17.0 Å². The van der Waals surface area contributed by atoms with Gasteiger partial charge in [0.25, 0.3) is 5.91 Å². The Kier molecular flexibility index (Phi) is 4.99. The monoisotopic (exact) mass is 286 g/mol. The highest BCUT2D eigenvalue weighted by atomic mass is 32.2. The quantitative estimate of drug-likeness (QED) is 0.793. The molecule has 1 aromatic heterocycles. The highest BCUT2D eigenvalue weighted by Gasteiger charge is 2.16. The van der Waals surface area contributed by atoms with Crippen LogP contribution in [0.4, 0.5) is 0 Å². The highest BCUT2D eigenvalue weighted by Crippen LogP contribution is 2.02. The summed E-state index contributed by atoms with van der Waals surface area (Å²) in [6, 6.07) is 2.34. The molecule has 0 unspecified atom stereocenters. The number of aromatic nitrogens is 1. The predicted molar refractivity (Wildman–Crippen MR) is 67.4 cm³/mol. The number of hydrogen-bond donors (Lipinski definition) is 2. The second-order valence-electron chi connectivity index (χ2n) is 3.84. The van der Waals surface area contributed by atoms with Gasteiger partial charge in [-0.1, -0.05) is 13.3 Å². The van der Waals surface area contributed by atoms with Crippen LogP contribution in [0.25, 0.3) is 0 Å². The Morgan fingerprint density at radius 1 is 1.37 bits per heavy atom. The van der Waals surface area contributed by atoms with Crippen LogP contribution in [0, 0.1) is 0 Å². The molecule has 0 radical (unpaired) electrons. The van der Waals surface area contributed by atoms with Gasteiger partial charge in [-0.15, -0.1) is 0 Å². The average Bonchev–Trinajstić information content (AvgIpc) is 2.36. The van der Waals surface area contributed by atoms with Gasteiger partial charge in [0.1, 0.15) is 5.69 Å². The van der Waals surface area contributed by atoms with Crippen molar-refractivity contribution in [2.75, 3.05) is 5.75 Å². The van der Waals surface area contributed by atoms with Crippen LogP contribution in [0.2, 0.25) is 0 Å². The third-order valence-corrected chi connectivity index (χ3v) is 3.58. The standard InChI is InChI=1S/C11H14N2O5S/c1-2-3-6-19(17,18)13-10(14)8-4-5-9(11(15)16)12-7-8/h4-5,7H,2-3,6H2,1H3,(H,13,14)(H,15,16). The van der Waals surface area contributed by atoms with Gasteiger partial charge in [-0.3, -0.25) is 4.79 Å². The number of carboxylic acid groups (broad SMARTS) is 1. The number of unbranched alkanes of at least 4 members (excludes halogenated alkanes) is 1. The molecular weight excluding hydrogens is 272 g/mol. The summed E-state index contributed by atoms with van der Waals surface area (Å²) in [4.78, 5) is 25.7. The Hall–Kier alpha value is -1.96. The first kappa shape index (κ1) is 15.1. The molecule has 0 fully saturated rings. The predicted octanol–water partition coefficient (Wildman–Crippen LogP) is 0.640.